The molecule has 0 amide bonds. The molecule has 0 aliphatic heterocycles. The first-order valence-corrected chi connectivity index (χ1v) is 6.79. The second-order valence-corrected chi connectivity index (χ2v) is 4.57. The molecule has 1 N–H and O–H groups in total. The van der Waals surface area contributed by atoms with Gasteiger partial charge >= 0.3 is 11.7 Å². The molecule has 0 fully saturated rings. The summed E-state index contributed by atoms with van der Waals surface area (Å²) in [6.45, 7) is 0. The van der Waals surface area contributed by atoms with Crippen LogP contribution in [0, 0.1) is 10.1 Å². The highest BCUT2D eigenvalue weighted by Gasteiger charge is 2.19. The number of hydrogen-bond acceptors (Lipinski definition) is 7. The van der Waals surface area contributed by atoms with Gasteiger partial charge in [0.25, 0.3) is 0 Å². The van der Waals surface area contributed by atoms with E-state index in [2.05, 4.69) is 9.97 Å². The maximum absolute atomic E-state index is 11.0. The highest BCUT2D eigenvalue weighted by molar-refractivity contribution is 7.98. The maximum Gasteiger partial charge on any atom is 0.335 e. The molecule has 108 valence electrons. The van der Waals surface area contributed by atoms with Crippen LogP contribution >= 0.6 is 11.8 Å². The van der Waals surface area contributed by atoms with E-state index in [-0.39, 0.29) is 22.9 Å². The van der Waals surface area contributed by atoms with Crippen molar-refractivity contribution in [3.05, 3.63) is 46.3 Å². The number of benzene rings is 1. The first-order chi connectivity index (χ1) is 10.0. The normalized spacial score (nSPS) is 10.1. The minimum Gasteiger partial charge on any atom is -0.478 e. The molecule has 0 saturated heterocycles. The van der Waals surface area contributed by atoms with E-state index < -0.39 is 10.9 Å². The lowest BCUT2D eigenvalue weighted by Crippen LogP contribution is -2.00. The van der Waals surface area contributed by atoms with Crippen LogP contribution in [0.3, 0.4) is 0 Å². The fraction of sp³-hybridized carbons (Fsp3) is 0.0833. The minimum atomic E-state index is -1.21. The first kappa shape index (κ1) is 14.7. The van der Waals surface area contributed by atoms with Gasteiger partial charge in [-0.1, -0.05) is 0 Å². The van der Waals surface area contributed by atoms with Crippen LogP contribution in [0.4, 0.5) is 5.69 Å². The fourth-order valence-electron chi connectivity index (χ4n) is 1.48. The predicted octanol–water partition coefficient (Wildman–Crippen LogP) is 2.60. The summed E-state index contributed by atoms with van der Waals surface area (Å²) in [4.78, 5) is 29.0. The van der Waals surface area contributed by atoms with Gasteiger partial charge in [-0.05, 0) is 12.3 Å². The molecule has 8 nitrogen and oxygen atoms in total. The Labute approximate surface area is 123 Å². The number of carboxylic acid groups (broad SMARTS) is 1. The Morgan fingerprint density at radius 2 is 2.14 bits per heavy atom. The average molecular weight is 307 g/mol. The molecule has 0 aliphatic carbocycles. The number of hydrogen-bond donors (Lipinski definition) is 1. The van der Waals surface area contributed by atoms with Gasteiger partial charge in [-0.25, -0.2) is 14.8 Å². The number of aromatic nitrogens is 2. The Bertz CT molecular complexity index is 707. The van der Waals surface area contributed by atoms with Crippen LogP contribution in [-0.4, -0.2) is 32.2 Å². The van der Waals surface area contributed by atoms with E-state index in [1.807, 2.05) is 0 Å². The minimum absolute atomic E-state index is 0.0972. The van der Waals surface area contributed by atoms with Crippen LogP contribution in [0.5, 0.6) is 11.6 Å². The summed E-state index contributed by atoms with van der Waals surface area (Å²) in [6, 6.07) is 4.80. The molecule has 2 aromatic rings. The van der Waals surface area contributed by atoms with Gasteiger partial charge in [-0.15, -0.1) is 11.8 Å². The lowest BCUT2D eigenvalue weighted by atomic mass is 10.2. The van der Waals surface area contributed by atoms with Crippen molar-refractivity contribution in [2.45, 2.75) is 5.03 Å². The number of carboxylic acids is 1. The van der Waals surface area contributed by atoms with Crippen molar-refractivity contribution < 1.29 is 19.6 Å². The van der Waals surface area contributed by atoms with Crippen LogP contribution in [0.1, 0.15) is 10.4 Å². The summed E-state index contributed by atoms with van der Waals surface area (Å²) in [5.74, 6) is -1.30. The van der Waals surface area contributed by atoms with Crippen molar-refractivity contribution in [2.24, 2.45) is 0 Å². The van der Waals surface area contributed by atoms with Gasteiger partial charge in [-0.3, -0.25) is 10.1 Å². The van der Waals surface area contributed by atoms with Crippen molar-refractivity contribution in [2.75, 3.05) is 6.26 Å². The van der Waals surface area contributed by atoms with Crippen molar-refractivity contribution in [1.29, 1.82) is 0 Å². The Morgan fingerprint density at radius 3 is 2.76 bits per heavy atom. The van der Waals surface area contributed by atoms with E-state index in [0.29, 0.717) is 5.03 Å². The Kier molecular flexibility index (Phi) is 4.33. The van der Waals surface area contributed by atoms with Gasteiger partial charge in [0.15, 0.2) is 0 Å². The molecule has 1 aromatic heterocycles. The third kappa shape index (κ3) is 3.45. The second-order valence-electron chi connectivity index (χ2n) is 3.75. The van der Waals surface area contributed by atoms with Crippen molar-refractivity contribution in [1.82, 2.24) is 9.97 Å². The van der Waals surface area contributed by atoms with Gasteiger partial charge in [0.1, 0.15) is 11.4 Å². The fourth-order valence-corrected chi connectivity index (χ4v) is 1.85. The summed E-state index contributed by atoms with van der Waals surface area (Å²) >= 11 is 1.35. The van der Waals surface area contributed by atoms with Gasteiger partial charge < -0.3 is 9.84 Å². The molecular weight excluding hydrogens is 298 g/mol. The molecule has 1 heterocycles. The highest BCUT2D eigenvalue weighted by atomic mass is 32.2. The number of nitrogens with zero attached hydrogens (tertiary/aromatic N) is 3. The molecule has 0 unspecified atom stereocenters. The van der Waals surface area contributed by atoms with Crippen molar-refractivity contribution in [3.8, 4) is 11.6 Å². The van der Waals surface area contributed by atoms with E-state index in [1.165, 1.54) is 24.2 Å². The van der Waals surface area contributed by atoms with E-state index in [1.54, 1.807) is 6.26 Å². The summed E-state index contributed by atoms with van der Waals surface area (Å²) in [7, 11) is 0. The molecule has 1 aromatic carbocycles. The number of aromatic carboxylic acids is 1. The largest absolute Gasteiger partial charge is 0.478 e. The summed E-state index contributed by atoms with van der Waals surface area (Å²) in [5.41, 5.74) is -0.459. The maximum atomic E-state index is 11.0. The zero-order chi connectivity index (χ0) is 15.4. The lowest BCUT2D eigenvalue weighted by molar-refractivity contribution is -0.385. The Balaban J connectivity index is 2.42. The molecule has 0 aliphatic rings. The zero-order valence-electron chi connectivity index (χ0n) is 10.7. The van der Waals surface area contributed by atoms with Crippen molar-refractivity contribution >= 4 is 23.4 Å². The summed E-state index contributed by atoms with van der Waals surface area (Å²) in [6.07, 6.45) is 3.06. The smallest absolute Gasteiger partial charge is 0.335 e. The number of nitro benzene ring substituents is 1. The van der Waals surface area contributed by atoms with Gasteiger partial charge in [0, 0.05) is 18.2 Å². The van der Waals surface area contributed by atoms with Gasteiger partial charge in [0.2, 0.25) is 11.6 Å². The second kappa shape index (κ2) is 6.18. The summed E-state index contributed by atoms with van der Waals surface area (Å²) < 4.78 is 5.33. The van der Waals surface area contributed by atoms with E-state index in [4.69, 9.17) is 9.84 Å². The topological polar surface area (TPSA) is 115 Å². The average Bonchev–Trinajstić information content (AvgIpc) is 2.47. The standard InChI is InChI=1S/C12H9N3O5S/c1-21-11-5-10(13-6-14-11)20-9-4-7(12(16)17)2-3-8(9)15(18)19/h2-6H,1H3,(H,16,17). The number of ether oxygens (including phenoxy) is 1. The Hall–Kier alpha value is -2.68. The number of rotatable bonds is 5. The molecule has 0 atom stereocenters. The molecule has 9 heteroatoms. The monoisotopic (exact) mass is 307 g/mol. The summed E-state index contributed by atoms with van der Waals surface area (Å²) in [5, 5.41) is 20.5. The third-order valence-corrected chi connectivity index (χ3v) is 3.09. The molecular formula is C12H9N3O5S. The number of carbonyl (C=O) groups is 1. The SMILES string of the molecule is CSc1cc(Oc2cc(C(=O)O)ccc2[N+](=O)[O-])ncn1. The van der Waals surface area contributed by atoms with Gasteiger partial charge in [0.05, 0.1) is 10.5 Å². The highest BCUT2D eigenvalue weighted by Crippen LogP contribution is 2.32. The van der Waals surface area contributed by atoms with Crippen LogP contribution in [0.25, 0.3) is 0 Å². The van der Waals surface area contributed by atoms with Crippen LogP contribution < -0.4 is 4.74 Å². The molecule has 0 spiro atoms. The lowest BCUT2D eigenvalue weighted by Gasteiger charge is -2.06. The molecule has 0 radical (unpaired) electrons. The van der Waals surface area contributed by atoms with Crippen molar-refractivity contribution in [3.63, 3.8) is 0 Å². The zero-order valence-corrected chi connectivity index (χ0v) is 11.5. The van der Waals surface area contributed by atoms with Crippen LogP contribution in [0.15, 0.2) is 35.6 Å². The predicted molar refractivity (Wildman–Crippen MR) is 73.9 cm³/mol. The molecule has 21 heavy (non-hydrogen) atoms. The molecule has 0 bridgehead atoms. The number of nitro groups is 1. The number of thioether (sulfide) groups is 1. The van der Waals surface area contributed by atoms with E-state index in [0.717, 1.165) is 18.2 Å². The van der Waals surface area contributed by atoms with E-state index >= 15 is 0 Å². The molecule has 0 saturated carbocycles. The Morgan fingerprint density at radius 1 is 1.38 bits per heavy atom. The van der Waals surface area contributed by atoms with Crippen LogP contribution in [-0.2, 0) is 0 Å². The first-order valence-electron chi connectivity index (χ1n) is 5.57. The van der Waals surface area contributed by atoms with Crippen LogP contribution in [0.2, 0.25) is 0 Å². The molecule has 2 rings (SSSR count). The quantitative estimate of drug-likeness (QED) is 0.388. The van der Waals surface area contributed by atoms with Gasteiger partial charge in [-0.2, -0.15) is 0 Å². The van der Waals surface area contributed by atoms with E-state index in [9.17, 15) is 14.9 Å². The third-order valence-electron chi connectivity index (χ3n) is 2.44.